The van der Waals surface area contributed by atoms with Crippen LogP contribution in [0.25, 0.3) is 0 Å². The minimum atomic E-state index is -0.138. The molecule has 0 aliphatic carbocycles. The summed E-state index contributed by atoms with van der Waals surface area (Å²) >= 11 is 15.1. The van der Waals surface area contributed by atoms with Gasteiger partial charge in [-0.25, -0.2) is 0 Å². The largest absolute Gasteiger partial charge is 0.399 e. The van der Waals surface area contributed by atoms with Crippen molar-refractivity contribution in [3.63, 3.8) is 0 Å². The summed E-state index contributed by atoms with van der Waals surface area (Å²) in [6.45, 7) is 0. The summed E-state index contributed by atoms with van der Waals surface area (Å²) in [6, 6.07) is 3.10. The van der Waals surface area contributed by atoms with Gasteiger partial charge in [-0.2, -0.15) is 0 Å². The number of amides is 1. The highest BCUT2D eigenvalue weighted by Gasteiger charge is 2.11. The van der Waals surface area contributed by atoms with E-state index in [4.69, 9.17) is 28.9 Å². The lowest BCUT2D eigenvalue weighted by atomic mass is 10.2. The second kappa shape index (κ2) is 7.84. The second-order valence-electron chi connectivity index (χ2n) is 4.06. The molecule has 112 valence electrons. The van der Waals surface area contributed by atoms with Crippen molar-refractivity contribution in [1.29, 1.82) is 0 Å². The number of nitrogen functional groups attached to an aromatic ring is 1. The molecular weight excluding hydrogens is 351 g/mol. The van der Waals surface area contributed by atoms with Gasteiger partial charge in [0, 0.05) is 17.9 Å². The molecule has 0 saturated heterocycles. The zero-order chi connectivity index (χ0) is 15.2. The van der Waals surface area contributed by atoms with Crippen LogP contribution in [-0.4, -0.2) is 21.9 Å². The normalized spacial score (nSPS) is 10.6. The van der Waals surface area contributed by atoms with Crippen LogP contribution in [-0.2, 0) is 4.79 Å². The van der Waals surface area contributed by atoms with Gasteiger partial charge in [-0.15, -0.1) is 10.2 Å². The molecule has 1 heterocycles. The first kappa shape index (κ1) is 16.4. The maximum absolute atomic E-state index is 11.9. The van der Waals surface area contributed by atoms with E-state index in [-0.39, 0.29) is 5.91 Å². The summed E-state index contributed by atoms with van der Waals surface area (Å²) in [5.41, 5.74) is 8.14. The Bertz CT molecular complexity index is 599. The molecule has 0 fully saturated rings. The Morgan fingerprint density at radius 3 is 2.71 bits per heavy atom. The van der Waals surface area contributed by atoms with E-state index in [0.717, 1.165) is 16.5 Å². The van der Waals surface area contributed by atoms with Crippen LogP contribution in [0, 0.1) is 0 Å². The summed E-state index contributed by atoms with van der Waals surface area (Å²) < 4.78 is 0.903. The predicted octanol–water partition coefficient (Wildman–Crippen LogP) is 3.94. The zero-order valence-electron chi connectivity index (χ0n) is 10.8. The standard InChI is InChI=1S/C12H12Cl2N4OS2/c13-8-4-7(15)5-9(14)11(8)17-10(19)2-1-3-20-12-18-16-6-21-12/h4-6H,1-3,15H2,(H,17,19). The number of rotatable bonds is 6. The molecule has 0 bridgehead atoms. The van der Waals surface area contributed by atoms with Gasteiger partial charge in [0.1, 0.15) is 5.51 Å². The number of carbonyl (C=O) groups is 1. The second-order valence-corrected chi connectivity index (χ2v) is 7.05. The maximum Gasteiger partial charge on any atom is 0.224 e. The van der Waals surface area contributed by atoms with Crippen molar-refractivity contribution < 1.29 is 4.79 Å². The Kier molecular flexibility index (Phi) is 6.10. The van der Waals surface area contributed by atoms with E-state index in [2.05, 4.69) is 15.5 Å². The minimum Gasteiger partial charge on any atom is -0.399 e. The van der Waals surface area contributed by atoms with Gasteiger partial charge in [-0.3, -0.25) is 4.79 Å². The number of anilines is 2. The lowest BCUT2D eigenvalue weighted by Gasteiger charge is -2.10. The molecular formula is C12H12Cl2N4OS2. The number of aromatic nitrogens is 2. The number of nitrogens with two attached hydrogens (primary N) is 1. The topological polar surface area (TPSA) is 80.9 Å². The maximum atomic E-state index is 11.9. The van der Waals surface area contributed by atoms with Crippen LogP contribution in [0.15, 0.2) is 22.0 Å². The molecule has 21 heavy (non-hydrogen) atoms. The van der Waals surface area contributed by atoms with Gasteiger partial charge in [-0.05, 0) is 18.6 Å². The summed E-state index contributed by atoms with van der Waals surface area (Å²) in [7, 11) is 0. The number of benzene rings is 1. The SMILES string of the molecule is Nc1cc(Cl)c(NC(=O)CCCSc2nncs2)c(Cl)c1. The van der Waals surface area contributed by atoms with Gasteiger partial charge in [0.15, 0.2) is 4.34 Å². The van der Waals surface area contributed by atoms with Gasteiger partial charge in [-0.1, -0.05) is 46.3 Å². The smallest absolute Gasteiger partial charge is 0.224 e. The molecule has 1 aromatic carbocycles. The molecule has 5 nitrogen and oxygen atoms in total. The van der Waals surface area contributed by atoms with Gasteiger partial charge < -0.3 is 11.1 Å². The molecule has 0 saturated carbocycles. The van der Waals surface area contributed by atoms with Crippen LogP contribution in [0.3, 0.4) is 0 Å². The van der Waals surface area contributed by atoms with E-state index >= 15 is 0 Å². The first-order chi connectivity index (χ1) is 10.1. The van der Waals surface area contributed by atoms with Crippen molar-refractivity contribution in [2.75, 3.05) is 16.8 Å². The lowest BCUT2D eigenvalue weighted by molar-refractivity contribution is -0.116. The molecule has 3 N–H and O–H groups in total. The average Bonchev–Trinajstić information content (AvgIpc) is 2.92. The van der Waals surface area contributed by atoms with Gasteiger partial charge in [0.2, 0.25) is 5.91 Å². The van der Waals surface area contributed by atoms with Gasteiger partial charge in [0.05, 0.1) is 15.7 Å². The number of hydrogen-bond donors (Lipinski definition) is 2. The predicted molar refractivity (Wildman–Crippen MR) is 89.4 cm³/mol. The Morgan fingerprint density at radius 1 is 1.38 bits per heavy atom. The number of carbonyl (C=O) groups excluding carboxylic acids is 1. The minimum absolute atomic E-state index is 0.138. The van der Waals surface area contributed by atoms with Crippen LogP contribution in [0.1, 0.15) is 12.8 Å². The monoisotopic (exact) mass is 362 g/mol. The first-order valence-electron chi connectivity index (χ1n) is 5.99. The van der Waals surface area contributed by atoms with Crippen molar-refractivity contribution in [1.82, 2.24) is 10.2 Å². The van der Waals surface area contributed by atoms with E-state index in [9.17, 15) is 4.79 Å². The fourth-order valence-electron chi connectivity index (χ4n) is 1.53. The molecule has 1 amide bonds. The molecule has 0 unspecified atom stereocenters. The summed E-state index contributed by atoms with van der Waals surface area (Å²) in [5.74, 6) is 0.660. The highest BCUT2D eigenvalue weighted by atomic mass is 35.5. The number of thioether (sulfide) groups is 1. The zero-order valence-corrected chi connectivity index (χ0v) is 14.0. The van der Waals surface area contributed by atoms with Crippen molar-refractivity contribution >= 4 is 63.6 Å². The van der Waals surface area contributed by atoms with Crippen LogP contribution < -0.4 is 11.1 Å². The fraction of sp³-hybridized carbons (Fsp3) is 0.250. The molecule has 0 radical (unpaired) electrons. The van der Waals surface area contributed by atoms with E-state index in [0.29, 0.717) is 27.8 Å². The van der Waals surface area contributed by atoms with Crippen LogP contribution >= 0.6 is 46.3 Å². The third-order valence-electron chi connectivity index (χ3n) is 2.44. The molecule has 2 aromatic rings. The molecule has 0 aliphatic heterocycles. The third-order valence-corrected chi connectivity index (χ3v) is 4.99. The summed E-state index contributed by atoms with van der Waals surface area (Å²) in [5, 5.41) is 11.0. The summed E-state index contributed by atoms with van der Waals surface area (Å²) in [4.78, 5) is 11.9. The van der Waals surface area contributed by atoms with Crippen LogP contribution in [0.5, 0.6) is 0 Å². The Labute approximate surface area is 140 Å². The van der Waals surface area contributed by atoms with E-state index in [1.165, 1.54) is 11.3 Å². The van der Waals surface area contributed by atoms with Crippen molar-refractivity contribution in [2.24, 2.45) is 0 Å². The van der Waals surface area contributed by atoms with Crippen LogP contribution in [0.2, 0.25) is 10.0 Å². The molecule has 0 aliphatic rings. The van der Waals surface area contributed by atoms with E-state index in [1.807, 2.05) is 0 Å². The Hall–Kier alpha value is -1.02. The van der Waals surface area contributed by atoms with Crippen molar-refractivity contribution in [3.05, 3.63) is 27.7 Å². The van der Waals surface area contributed by atoms with Crippen molar-refractivity contribution in [2.45, 2.75) is 17.2 Å². The third kappa shape index (κ3) is 5.03. The molecule has 1 aromatic heterocycles. The first-order valence-corrected chi connectivity index (χ1v) is 8.61. The number of halogens is 2. The average molecular weight is 363 g/mol. The highest BCUT2D eigenvalue weighted by molar-refractivity contribution is 8.00. The Balaban J connectivity index is 1.79. The fourth-order valence-corrected chi connectivity index (χ4v) is 3.63. The van der Waals surface area contributed by atoms with Crippen molar-refractivity contribution in [3.8, 4) is 0 Å². The van der Waals surface area contributed by atoms with Gasteiger partial charge >= 0.3 is 0 Å². The Morgan fingerprint density at radius 2 is 2.10 bits per heavy atom. The molecule has 0 atom stereocenters. The van der Waals surface area contributed by atoms with E-state index in [1.54, 1.807) is 29.4 Å². The molecule has 0 spiro atoms. The highest BCUT2D eigenvalue weighted by Crippen LogP contribution is 2.33. The van der Waals surface area contributed by atoms with Crippen LogP contribution in [0.4, 0.5) is 11.4 Å². The molecule has 2 rings (SSSR count). The number of hydrogen-bond acceptors (Lipinski definition) is 6. The summed E-state index contributed by atoms with van der Waals surface area (Å²) in [6.07, 6.45) is 1.10. The van der Waals surface area contributed by atoms with E-state index < -0.39 is 0 Å². The molecule has 9 heteroatoms. The number of nitrogens with one attached hydrogen (secondary N) is 1. The lowest BCUT2D eigenvalue weighted by Crippen LogP contribution is -2.12. The number of nitrogens with zero attached hydrogens (tertiary/aromatic N) is 2. The van der Waals surface area contributed by atoms with Gasteiger partial charge in [0.25, 0.3) is 0 Å². The quantitative estimate of drug-likeness (QED) is 0.462.